The maximum absolute atomic E-state index is 12.9. The average molecular weight is 319 g/mol. The molecular formula is C17H21NO5. The number of rotatable bonds is 3. The first-order valence-electron chi connectivity index (χ1n) is 7.82. The smallest absolute Gasteiger partial charge is 0.308 e. The van der Waals surface area contributed by atoms with Crippen LogP contribution in [0.25, 0.3) is 0 Å². The Bertz CT molecular complexity index is 640. The number of hydrogen-bond acceptors (Lipinski definition) is 4. The van der Waals surface area contributed by atoms with Crippen molar-refractivity contribution in [3.05, 3.63) is 23.8 Å². The highest BCUT2D eigenvalue weighted by Crippen LogP contribution is 2.36. The summed E-state index contributed by atoms with van der Waals surface area (Å²) in [5, 5.41) is 9.10. The van der Waals surface area contributed by atoms with Crippen LogP contribution in [0.1, 0.15) is 25.8 Å². The number of benzene rings is 1. The van der Waals surface area contributed by atoms with Gasteiger partial charge < -0.3 is 19.5 Å². The Balaban J connectivity index is 1.80. The van der Waals surface area contributed by atoms with Gasteiger partial charge in [-0.1, -0.05) is 6.07 Å². The Hall–Kier alpha value is -2.24. The quantitative estimate of drug-likeness (QED) is 0.917. The van der Waals surface area contributed by atoms with E-state index in [2.05, 4.69) is 0 Å². The lowest BCUT2D eigenvalue weighted by molar-refractivity contribution is -0.141. The molecule has 1 aromatic carbocycles. The van der Waals surface area contributed by atoms with Gasteiger partial charge in [0.15, 0.2) is 11.5 Å². The summed E-state index contributed by atoms with van der Waals surface area (Å²) in [6.07, 6.45) is 0.512. The summed E-state index contributed by atoms with van der Waals surface area (Å²) in [7, 11) is 0. The summed E-state index contributed by atoms with van der Waals surface area (Å²) in [5.74, 6) is -0.0137. The molecule has 0 radical (unpaired) electrons. The lowest BCUT2D eigenvalue weighted by Crippen LogP contribution is -2.42. The molecule has 124 valence electrons. The molecular weight excluding hydrogens is 298 g/mol. The van der Waals surface area contributed by atoms with E-state index < -0.39 is 17.3 Å². The predicted molar refractivity (Wildman–Crippen MR) is 82.8 cm³/mol. The molecule has 6 nitrogen and oxygen atoms in total. The fraction of sp³-hybridized carbons (Fsp3) is 0.529. The van der Waals surface area contributed by atoms with E-state index in [4.69, 9.17) is 14.6 Å². The number of likely N-dealkylation sites (tertiary alicyclic amines) is 1. The van der Waals surface area contributed by atoms with E-state index in [-0.39, 0.29) is 12.5 Å². The number of nitrogens with zero attached hydrogens (tertiary/aromatic N) is 1. The molecule has 1 fully saturated rings. The van der Waals surface area contributed by atoms with Gasteiger partial charge in [0.05, 0.1) is 11.3 Å². The van der Waals surface area contributed by atoms with Crippen LogP contribution in [-0.4, -0.2) is 48.2 Å². The molecule has 1 aromatic rings. The SMILES string of the molecule is CC(C)(C(=O)N1CCC(C(=O)O)C1)c1ccc2c(c1)OCCO2. The maximum atomic E-state index is 12.9. The molecule has 1 unspecified atom stereocenters. The van der Waals surface area contributed by atoms with Crippen LogP contribution in [0.15, 0.2) is 18.2 Å². The number of carbonyl (C=O) groups is 2. The van der Waals surface area contributed by atoms with Crippen molar-refractivity contribution in [3.63, 3.8) is 0 Å². The highest BCUT2D eigenvalue weighted by Gasteiger charge is 2.39. The van der Waals surface area contributed by atoms with Gasteiger partial charge in [0.25, 0.3) is 0 Å². The topological polar surface area (TPSA) is 76.1 Å². The molecule has 0 aromatic heterocycles. The Kier molecular flexibility index (Phi) is 3.92. The number of carboxylic acids is 1. The first-order chi connectivity index (χ1) is 10.9. The molecule has 2 aliphatic heterocycles. The number of hydrogen-bond donors (Lipinski definition) is 1. The van der Waals surface area contributed by atoms with Crippen molar-refractivity contribution >= 4 is 11.9 Å². The minimum Gasteiger partial charge on any atom is -0.486 e. The molecule has 2 aliphatic rings. The van der Waals surface area contributed by atoms with E-state index in [9.17, 15) is 9.59 Å². The molecule has 2 heterocycles. The van der Waals surface area contributed by atoms with Crippen LogP contribution in [0.2, 0.25) is 0 Å². The lowest BCUT2D eigenvalue weighted by Gasteiger charge is -2.30. The Morgan fingerprint density at radius 1 is 1.22 bits per heavy atom. The van der Waals surface area contributed by atoms with Gasteiger partial charge in [0.2, 0.25) is 5.91 Å². The molecule has 1 atom stereocenters. The summed E-state index contributed by atoms with van der Waals surface area (Å²) < 4.78 is 11.1. The summed E-state index contributed by atoms with van der Waals surface area (Å²) in [6, 6.07) is 5.54. The summed E-state index contributed by atoms with van der Waals surface area (Å²) in [4.78, 5) is 25.6. The van der Waals surface area contributed by atoms with Crippen molar-refractivity contribution in [2.24, 2.45) is 5.92 Å². The van der Waals surface area contributed by atoms with E-state index in [1.165, 1.54) is 0 Å². The first kappa shape index (κ1) is 15.6. The number of fused-ring (bicyclic) bond motifs is 1. The number of amides is 1. The number of ether oxygens (including phenoxy) is 2. The molecule has 0 aliphatic carbocycles. The van der Waals surface area contributed by atoms with Crippen molar-refractivity contribution in [2.75, 3.05) is 26.3 Å². The van der Waals surface area contributed by atoms with Crippen molar-refractivity contribution in [1.82, 2.24) is 4.90 Å². The molecule has 3 rings (SSSR count). The van der Waals surface area contributed by atoms with Crippen LogP contribution in [0.5, 0.6) is 11.5 Å². The molecule has 0 bridgehead atoms. The van der Waals surface area contributed by atoms with Crippen molar-refractivity contribution in [3.8, 4) is 11.5 Å². The van der Waals surface area contributed by atoms with Crippen LogP contribution in [0, 0.1) is 5.92 Å². The van der Waals surface area contributed by atoms with Crippen LogP contribution < -0.4 is 9.47 Å². The fourth-order valence-electron chi connectivity index (χ4n) is 3.10. The van der Waals surface area contributed by atoms with Crippen LogP contribution in [0.4, 0.5) is 0 Å². The third kappa shape index (κ3) is 2.85. The van der Waals surface area contributed by atoms with Crippen molar-refractivity contribution < 1.29 is 24.2 Å². The van der Waals surface area contributed by atoms with E-state index in [1.54, 1.807) is 4.90 Å². The third-order valence-corrected chi connectivity index (χ3v) is 4.62. The molecule has 1 saturated heterocycles. The lowest BCUT2D eigenvalue weighted by atomic mass is 9.83. The Morgan fingerprint density at radius 3 is 2.57 bits per heavy atom. The predicted octanol–water partition coefficient (Wildman–Crippen LogP) is 1.67. The first-order valence-corrected chi connectivity index (χ1v) is 7.82. The highest BCUT2D eigenvalue weighted by molar-refractivity contribution is 5.88. The molecule has 6 heteroatoms. The van der Waals surface area contributed by atoms with Gasteiger partial charge >= 0.3 is 5.97 Å². The fourth-order valence-corrected chi connectivity index (χ4v) is 3.10. The summed E-state index contributed by atoms with van der Waals surface area (Å²) in [6.45, 7) is 5.51. The molecule has 1 amide bonds. The Morgan fingerprint density at radius 2 is 1.91 bits per heavy atom. The standard InChI is InChI=1S/C17H21NO5/c1-17(2,16(21)18-6-5-11(10-18)15(19)20)12-3-4-13-14(9-12)23-8-7-22-13/h3-4,9,11H,5-8,10H2,1-2H3,(H,19,20). The molecule has 0 saturated carbocycles. The van der Waals surface area contributed by atoms with E-state index >= 15 is 0 Å². The van der Waals surface area contributed by atoms with Gasteiger partial charge in [-0.25, -0.2) is 0 Å². The average Bonchev–Trinajstić information content (AvgIpc) is 3.03. The van der Waals surface area contributed by atoms with Gasteiger partial charge in [-0.2, -0.15) is 0 Å². The van der Waals surface area contributed by atoms with Crippen molar-refractivity contribution in [1.29, 1.82) is 0 Å². The van der Waals surface area contributed by atoms with Gasteiger partial charge in [0.1, 0.15) is 13.2 Å². The summed E-state index contributed by atoms with van der Waals surface area (Å²) in [5.41, 5.74) is 0.0917. The Labute approximate surface area is 135 Å². The maximum Gasteiger partial charge on any atom is 0.308 e. The van der Waals surface area contributed by atoms with Gasteiger partial charge in [-0.3, -0.25) is 9.59 Å². The van der Waals surface area contributed by atoms with E-state index in [0.29, 0.717) is 37.7 Å². The number of aliphatic carboxylic acids is 1. The molecule has 23 heavy (non-hydrogen) atoms. The summed E-state index contributed by atoms with van der Waals surface area (Å²) >= 11 is 0. The van der Waals surface area contributed by atoms with Crippen LogP contribution >= 0.6 is 0 Å². The second kappa shape index (κ2) is 5.76. The van der Waals surface area contributed by atoms with Gasteiger partial charge in [-0.15, -0.1) is 0 Å². The second-order valence-corrected chi connectivity index (χ2v) is 6.56. The molecule has 0 spiro atoms. The monoisotopic (exact) mass is 319 g/mol. The van der Waals surface area contributed by atoms with Gasteiger partial charge in [-0.05, 0) is 38.0 Å². The van der Waals surface area contributed by atoms with Crippen LogP contribution in [-0.2, 0) is 15.0 Å². The van der Waals surface area contributed by atoms with Gasteiger partial charge in [0, 0.05) is 13.1 Å². The minimum atomic E-state index is -0.836. The second-order valence-electron chi connectivity index (χ2n) is 6.56. The zero-order valence-corrected chi connectivity index (χ0v) is 13.4. The molecule has 1 N–H and O–H groups in total. The third-order valence-electron chi connectivity index (χ3n) is 4.62. The zero-order valence-electron chi connectivity index (χ0n) is 13.4. The normalized spacial score (nSPS) is 20.4. The van der Waals surface area contributed by atoms with Crippen LogP contribution in [0.3, 0.4) is 0 Å². The number of carboxylic acid groups (broad SMARTS) is 1. The zero-order chi connectivity index (χ0) is 16.6. The van der Waals surface area contributed by atoms with Crippen molar-refractivity contribution in [2.45, 2.75) is 25.7 Å². The van der Waals surface area contributed by atoms with E-state index in [1.807, 2.05) is 32.0 Å². The largest absolute Gasteiger partial charge is 0.486 e. The number of carbonyl (C=O) groups excluding carboxylic acids is 1. The highest BCUT2D eigenvalue weighted by atomic mass is 16.6. The minimum absolute atomic E-state index is 0.0575. The van der Waals surface area contributed by atoms with E-state index in [0.717, 1.165) is 5.56 Å².